The topological polar surface area (TPSA) is 65.9 Å². The Morgan fingerprint density at radius 3 is 2.41 bits per heavy atom. The second-order valence-corrected chi connectivity index (χ2v) is 7.87. The lowest BCUT2D eigenvalue weighted by molar-refractivity contribution is 0.120. The fraction of sp³-hybridized carbons (Fsp3) is 0.682. The third-order valence-electron chi connectivity index (χ3n) is 5.58. The van der Waals surface area contributed by atoms with Gasteiger partial charge in [-0.1, -0.05) is 18.6 Å². The number of benzene rings is 1. The number of ether oxygens (including phenoxy) is 1. The van der Waals surface area contributed by atoms with E-state index >= 15 is 0 Å². The number of nitrogens with zero attached hydrogens (tertiary/aromatic N) is 1. The first kappa shape index (κ1) is 20.0. The molecule has 2 aliphatic rings. The van der Waals surface area contributed by atoms with Crippen LogP contribution in [0.15, 0.2) is 29.3 Å². The Hall–Kier alpha value is -1.75. The Morgan fingerprint density at radius 1 is 1.04 bits per heavy atom. The summed E-state index contributed by atoms with van der Waals surface area (Å²) in [6.45, 7) is 3.57. The quantitative estimate of drug-likeness (QED) is 0.525. The smallest absolute Gasteiger partial charge is 0.191 e. The number of guanidine groups is 1. The van der Waals surface area contributed by atoms with Crippen molar-refractivity contribution in [3.05, 3.63) is 29.8 Å². The highest BCUT2D eigenvalue weighted by atomic mass is 16.5. The molecule has 0 bridgehead atoms. The fourth-order valence-corrected chi connectivity index (χ4v) is 3.95. The first-order chi connectivity index (χ1) is 13.2. The molecule has 0 saturated heterocycles. The van der Waals surface area contributed by atoms with Gasteiger partial charge < -0.3 is 20.5 Å². The fourth-order valence-electron chi connectivity index (χ4n) is 3.95. The number of hydrogen-bond donors (Lipinski definition) is 3. The predicted molar refractivity (Wildman–Crippen MR) is 110 cm³/mol. The maximum absolute atomic E-state index is 9.66. The van der Waals surface area contributed by atoms with E-state index in [1.54, 1.807) is 0 Å². The molecule has 150 valence electrons. The average molecular weight is 374 g/mol. The van der Waals surface area contributed by atoms with Gasteiger partial charge >= 0.3 is 0 Å². The van der Waals surface area contributed by atoms with Crippen LogP contribution in [0.3, 0.4) is 0 Å². The van der Waals surface area contributed by atoms with Crippen LogP contribution in [0.25, 0.3) is 0 Å². The van der Waals surface area contributed by atoms with Crippen molar-refractivity contribution in [2.75, 3.05) is 6.54 Å². The summed E-state index contributed by atoms with van der Waals surface area (Å²) >= 11 is 0. The summed E-state index contributed by atoms with van der Waals surface area (Å²) in [4.78, 5) is 4.73. The van der Waals surface area contributed by atoms with Crippen molar-refractivity contribution >= 4 is 5.96 Å². The van der Waals surface area contributed by atoms with Crippen LogP contribution in [0, 0.1) is 0 Å². The van der Waals surface area contributed by atoms with Crippen molar-refractivity contribution in [1.29, 1.82) is 0 Å². The molecule has 1 aromatic carbocycles. The molecule has 0 unspecified atom stereocenters. The molecule has 0 aromatic heterocycles. The molecule has 2 aliphatic carbocycles. The zero-order valence-electron chi connectivity index (χ0n) is 16.6. The van der Waals surface area contributed by atoms with Crippen LogP contribution in [-0.2, 0) is 6.54 Å². The minimum Gasteiger partial charge on any atom is -0.490 e. The molecule has 0 radical (unpaired) electrons. The van der Waals surface area contributed by atoms with Crippen LogP contribution in [-0.4, -0.2) is 35.9 Å². The highest BCUT2D eigenvalue weighted by molar-refractivity contribution is 5.80. The maximum atomic E-state index is 9.66. The van der Waals surface area contributed by atoms with Gasteiger partial charge in [0.1, 0.15) is 5.75 Å². The number of aliphatic imine (C=N–C) groups is 1. The van der Waals surface area contributed by atoms with Crippen molar-refractivity contribution < 1.29 is 9.84 Å². The molecule has 0 amide bonds. The zero-order chi connectivity index (χ0) is 18.9. The monoisotopic (exact) mass is 373 g/mol. The molecular formula is C22H35N3O2. The highest BCUT2D eigenvalue weighted by Crippen LogP contribution is 2.23. The number of rotatable bonds is 6. The maximum Gasteiger partial charge on any atom is 0.191 e. The first-order valence-corrected chi connectivity index (χ1v) is 10.7. The van der Waals surface area contributed by atoms with Crippen LogP contribution in [0.2, 0.25) is 0 Å². The van der Waals surface area contributed by atoms with Crippen molar-refractivity contribution in [1.82, 2.24) is 10.6 Å². The summed E-state index contributed by atoms with van der Waals surface area (Å²) in [5.74, 6) is 1.84. The molecule has 0 spiro atoms. The predicted octanol–water partition coefficient (Wildman–Crippen LogP) is 3.76. The van der Waals surface area contributed by atoms with E-state index < -0.39 is 0 Å². The first-order valence-electron chi connectivity index (χ1n) is 10.7. The van der Waals surface area contributed by atoms with Crippen molar-refractivity contribution in [3.8, 4) is 5.75 Å². The number of aliphatic hydroxyl groups excluding tert-OH is 1. The van der Waals surface area contributed by atoms with Gasteiger partial charge in [-0.25, -0.2) is 4.99 Å². The zero-order valence-corrected chi connectivity index (χ0v) is 16.6. The van der Waals surface area contributed by atoms with Crippen molar-refractivity contribution in [3.63, 3.8) is 0 Å². The van der Waals surface area contributed by atoms with Crippen LogP contribution in [0.4, 0.5) is 0 Å². The molecule has 3 rings (SSSR count). The minimum absolute atomic E-state index is 0.128. The number of hydrogen-bond acceptors (Lipinski definition) is 3. The summed E-state index contributed by atoms with van der Waals surface area (Å²) in [6.07, 6.45) is 10.3. The van der Waals surface area contributed by atoms with Gasteiger partial charge in [-0.15, -0.1) is 0 Å². The SMILES string of the molecule is CCNC(=NCc1ccc(OC2CCCCC2)cc1)NC1CCC(O)CC1. The summed E-state index contributed by atoms with van der Waals surface area (Å²) in [7, 11) is 0. The molecule has 5 heteroatoms. The molecule has 27 heavy (non-hydrogen) atoms. The largest absolute Gasteiger partial charge is 0.490 e. The summed E-state index contributed by atoms with van der Waals surface area (Å²) in [5, 5.41) is 16.5. The Bertz CT molecular complexity index is 574. The number of nitrogens with one attached hydrogen (secondary N) is 2. The molecule has 0 atom stereocenters. The summed E-state index contributed by atoms with van der Waals surface area (Å²) < 4.78 is 6.10. The van der Waals surface area contributed by atoms with Gasteiger partial charge in [-0.2, -0.15) is 0 Å². The van der Waals surface area contributed by atoms with E-state index in [0.717, 1.165) is 43.9 Å². The summed E-state index contributed by atoms with van der Waals surface area (Å²) in [5.41, 5.74) is 1.18. The molecular weight excluding hydrogens is 338 g/mol. The van der Waals surface area contributed by atoms with E-state index in [-0.39, 0.29) is 6.10 Å². The molecule has 1 aromatic rings. The molecule has 2 fully saturated rings. The molecule has 0 aliphatic heterocycles. The molecule has 3 N–H and O–H groups in total. The molecule has 5 nitrogen and oxygen atoms in total. The minimum atomic E-state index is -0.128. The van der Waals surface area contributed by atoms with Gasteiger partial charge in [-0.05, 0) is 76.0 Å². The van der Waals surface area contributed by atoms with Gasteiger partial charge in [-0.3, -0.25) is 0 Å². The highest BCUT2D eigenvalue weighted by Gasteiger charge is 2.20. The van der Waals surface area contributed by atoms with Gasteiger partial charge in [0.2, 0.25) is 0 Å². The third kappa shape index (κ3) is 6.73. The van der Waals surface area contributed by atoms with Gasteiger partial charge in [0, 0.05) is 12.6 Å². The standard InChI is InChI=1S/C22H35N3O2/c1-2-23-22(25-18-10-12-19(26)13-11-18)24-16-17-8-14-21(15-9-17)27-20-6-4-3-5-7-20/h8-9,14-15,18-20,26H,2-7,10-13,16H2,1H3,(H2,23,24,25). The van der Waals surface area contributed by atoms with E-state index in [1.165, 1.54) is 37.7 Å². The Labute approximate surface area is 163 Å². The second-order valence-electron chi connectivity index (χ2n) is 7.87. The lowest BCUT2D eigenvalue weighted by atomic mass is 9.93. The molecule has 0 heterocycles. The van der Waals surface area contributed by atoms with E-state index in [2.05, 4.69) is 41.8 Å². The van der Waals surface area contributed by atoms with Crippen molar-refractivity contribution in [2.24, 2.45) is 4.99 Å². The van der Waals surface area contributed by atoms with E-state index in [1.807, 2.05) is 0 Å². The third-order valence-corrected chi connectivity index (χ3v) is 5.58. The molecule has 2 saturated carbocycles. The van der Waals surface area contributed by atoms with Gasteiger partial charge in [0.05, 0.1) is 18.8 Å². The normalized spacial score (nSPS) is 24.4. The number of aliphatic hydroxyl groups is 1. The average Bonchev–Trinajstić information content (AvgIpc) is 2.70. The summed E-state index contributed by atoms with van der Waals surface area (Å²) in [6, 6.07) is 8.77. The van der Waals surface area contributed by atoms with Crippen LogP contribution in [0.5, 0.6) is 5.75 Å². The van der Waals surface area contributed by atoms with Gasteiger partial charge in [0.25, 0.3) is 0 Å². The Morgan fingerprint density at radius 2 is 1.74 bits per heavy atom. The van der Waals surface area contributed by atoms with Crippen LogP contribution >= 0.6 is 0 Å². The van der Waals surface area contributed by atoms with Crippen LogP contribution < -0.4 is 15.4 Å². The van der Waals surface area contributed by atoms with Crippen LogP contribution in [0.1, 0.15) is 70.3 Å². The Balaban J connectivity index is 1.50. The lowest BCUT2D eigenvalue weighted by Crippen LogP contribution is -2.45. The second kappa shape index (κ2) is 10.5. The van der Waals surface area contributed by atoms with E-state index in [4.69, 9.17) is 9.73 Å². The Kier molecular flexibility index (Phi) is 7.81. The van der Waals surface area contributed by atoms with E-state index in [9.17, 15) is 5.11 Å². The van der Waals surface area contributed by atoms with Crippen molar-refractivity contribution in [2.45, 2.75) is 89.5 Å². The lowest BCUT2D eigenvalue weighted by Gasteiger charge is -2.27. The van der Waals surface area contributed by atoms with Gasteiger partial charge in [0.15, 0.2) is 5.96 Å². The van der Waals surface area contributed by atoms with E-state index in [0.29, 0.717) is 18.7 Å².